The molecule has 0 aromatic carbocycles. The Hall–Kier alpha value is -0.780. The van der Waals surface area contributed by atoms with Crippen LogP contribution in [0.1, 0.15) is 52.4 Å². The number of nitrogens with one attached hydrogen (secondary N) is 1. The van der Waals surface area contributed by atoms with Gasteiger partial charge in [-0.05, 0) is 35.2 Å². The molecule has 0 saturated carbocycles. The number of carbonyl (C=O) groups excluding carboxylic acids is 1. The molecule has 1 amide bonds. The summed E-state index contributed by atoms with van der Waals surface area (Å²) in [5, 5.41) is 11.5. The van der Waals surface area contributed by atoms with Gasteiger partial charge < -0.3 is 9.84 Å². The Kier molecular flexibility index (Phi) is 8.79. The van der Waals surface area contributed by atoms with Gasteiger partial charge in [0.2, 0.25) is 0 Å². The van der Waals surface area contributed by atoms with Gasteiger partial charge in [0.25, 0.3) is 0 Å². The monoisotopic (exact) mass is 323 g/mol. The molecule has 106 valence electrons. The maximum atomic E-state index is 11.4. The number of carbonyl (C=O) groups is 2. The van der Waals surface area contributed by atoms with E-state index < -0.39 is 16.5 Å². The minimum atomic E-state index is -1.43. The van der Waals surface area contributed by atoms with Gasteiger partial charge in [0.15, 0.2) is 4.45 Å². The Balaban J connectivity index is 4.24. The molecule has 0 aliphatic rings. The van der Waals surface area contributed by atoms with Gasteiger partial charge in [0.05, 0.1) is 6.61 Å². The summed E-state index contributed by atoms with van der Waals surface area (Å²) in [7, 11) is 0. The number of ether oxygens (including phenoxy) is 1. The first-order valence-electron chi connectivity index (χ1n) is 6.33. The molecule has 0 saturated heterocycles. The van der Waals surface area contributed by atoms with E-state index in [0.29, 0.717) is 13.0 Å². The molecule has 2 N–H and O–H groups in total. The summed E-state index contributed by atoms with van der Waals surface area (Å²) in [5.74, 6) is -1.11. The Bertz CT molecular complexity index is 273. The van der Waals surface area contributed by atoms with Gasteiger partial charge in [-0.3, -0.25) is 5.32 Å². The molecule has 0 rings (SSSR count). The Morgan fingerprint density at radius 1 is 1.22 bits per heavy atom. The highest BCUT2D eigenvalue weighted by molar-refractivity contribution is 9.10. The molecular weight excluding hydrogens is 302 g/mol. The lowest BCUT2D eigenvalue weighted by molar-refractivity contribution is -0.140. The van der Waals surface area contributed by atoms with Crippen molar-refractivity contribution in [2.24, 2.45) is 0 Å². The zero-order valence-corrected chi connectivity index (χ0v) is 12.6. The Morgan fingerprint density at radius 2 is 1.83 bits per heavy atom. The second-order valence-corrected chi connectivity index (χ2v) is 5.53. The molecule has 0 aliphatic heterocycles. The quantitative estimate of drug-likeness (QED) is 0.388. The van der Waals surface area contributed by atoms with Gasteiger partial charge in [-0.25, -0.2) is 9.59 Å². The first-order valence-corrected chi connectivity index (χ1v) is 7.12. The normalized spacial score (nSPS) is 13.7. The van der Waals surface area contributed by atoms with Crippen molar-refractivity contribution in [3.05, 3.63) is 0 Å². The van der Waals surface area contributed by atoms with Crippen LogP contribution in [0.25, 0.3) is 0 Å². The number of hydrogen-bond donors (Lipinski definition) is 2. The van der Waals surface area contributed by atoms with Crippen LogP contribution in [-0.4, -0.2) is 28.2 Å². The lowest BCUT2D eigenvalue weighted by Gasteiger charge is -2.23. The van der Waals surface area contributed by atoms with E-state index in [1.807, 2.05) is 13.8 Å². The number of alkyl carbamates (subject to hydrolysis) is 1. The van der Waals surface area contributed by atoms with Crippen LogP contribution in [0.4, 0.5) is 4.79 Å². The van der Waals surface area contributed by atoms with Gasteiger partial charge in [-0.2, -0.15) is 0 Å². The predicted octanol–water partition coefficient (Wildman–Crippen LogP) is 3.27. The zero-order valence-electron chi connectivity index (χ0n) is 11.0. The van der Waals surface area contributed by atoms with Crippen LogP contribution in [-0.2, 0) is 9.53 Å². The van der Waals surface area contributed by atoms with Gasteiger partial charge in [0, 0.05) is 0 Å². The summed E-state index contributed by atoms with van der Waals surface area (Å²) in [6.45, 7) is 4.32. The van der Waals surface area contributed by atoms with Crippen molar-refractivity contribution < 1.29 is 19.4 Å². The van der Waals surface area contributed by atoms with E-state index in [2.05, 4.69) is 21.2 Å². The molecule has 0 heterocycles. The molecule has 0 aliphatic carbocycles. The van der Waals surface area contributed by atoms with Crippen LogP contribution in [0.15, 0.2) is 0 Å². The number of carboxylic acid groups (broad SMARTS) is 1. The third-order valence-corrected chi connectivity index (χ3v) is 3.43. The minimum Gasteiger partial charge on any atom is -0.479 e. The van der Waals surface area contributed by atoms with Crippen LogP contribution in [0.5, 0.6) is 0 Å². The van der Waals surface area contributed by atoms with E-state index >= 15 is 0 Å². The van der Waals surface area contributed by atoms with Gasteiger partial charge in [-0.1, -0.05) is 33.1 Å². The summed E-state index contributed by atoms with van der Waals surface area (Å²) in [6, 6.07) is 0. The van der Waals surface area contributed by atoms with Crippen molar-refractivity contribution in [2.75, 3.05) is 6.61 Å². The van der Waals surface area contributed by atoms with Crippen LogP contribution < -0.4 is 5.32 Å². The molecule has 0 aromatic rings. The predicted molar refractivity (Wildman–Crippen MR) is 72.8 cm³/mol. The fourth-order valence-electron chi connectivity index (χ4n) is 1.35. The van der Waals surface area contributed by atoms with Crippen molar-refractivity contribution >= 4 is 28.0 Å². The Morgan fingerprint density at radius 3 is 2.33 bits per heavy atom. The fraction of sp³-hybridized carbons (Fsp3) is 0.833. The van der Waals surface area contributed by atoms with Crippen molar-refractivity contribution in [1.82, 2.24) is 5.32 Å². The van der Waals surface area contributed by atoms with Gasteiger partial charge in [-0.15, -0.1) is 0 Å². The number of amides is 1. The molecule has 18 heavy (non-hydrogen) atoms. The number of carboxylic acids is 1. The van der Waals surface area contributed by atoms with Crippen LogP contribution in [0.3, 0.4) is 0 Å². The molecule has 0 radical (unpaired) electrons. The molecule has 0 aromatic heterocycles. The smallest absolute Gasteiger partial charge is 0.408 e. The number of unbranched alkanes of at least 4 members (excludes halogenated alkanes) is 3. The van der Waals surface area contributed by atoms with Crippen molar-refractivity contribution in [3.8, 4) is 0 Å². The number of halogens is 1. The maximum absolute atomic E-state index is 11.4. The van der Waals surface area contributed by atoms with E-state index in [1.165, 1.54) is 0 Å². The number of aliphatic carboxylic acids is 1. The third-order valence-electron chi connectivity index (χ3n) is 2.50. The van der Waals surface area contributed by atoms with Crippen molar-refractivity contribution in [1.29, 1.82) is 0 Å². The van der Waals surface area contributed by atoms with Crippen LogP contribution in [0.2, 0.25) is 0 Å². The largest absolute Gasteiger partial charge is 0.479 e. The summed E-state index contributed by atoms with van der Waals surface area (Å²) in [6.07, 6.45) is 3.96. The van der Waals surface area contributed by atoms with Crippen molar-refractivity contribution in [3.63, 3.8) is 0 Å². The number of hydrogen-bond acceptors (Lipinski definition) is 3. The fourth-order valence-corrected chi connectivity index (χ4v) is 1.79. The first-order chi connectivity index (χ1) is 8.46. The first kappa shape index (κ1) is 17.2. The lowest BCUT2D eigenvalue weighted by Crippen LogP contribution is -2.49. The average Bonchev–Trinajstić information content (AvgIpc) is 2.29. The van der Waals surface area contributed by atoms with E-state index in [9.17, 15) is 9.59 Å². The third kappa shape index (κ3) is 6.83. The summed E-state index contributed by atoms with van der Waals surface area (Å²) in [5.41, 5.74) is 0. The van der Waals surface area contributed by atoms with E-state index in [1.54, 1.807) is 0 Å². The SMILES string of the molecule is CCCCC[C@@](Br)(NC(=O)OCCCC)C(=O)O. The molecule has 1 atom stereocenters. The van der Waals surface area contributed by atoms with Gasteiger partial charge in [0.1, 0.15) is 0 Å². The lowest BCUT2D eigenvalue weighted by atomic mass is 10.1. The second kappa shape index (κ2) is 9.19. The van der Waals surface area contributed by atoms with E-state index in [-0.39, 0.29) is 0 Å². The van der Waals surface area contributed by atoms with E-state index in [0.717, 1.165) is 32.1 Å². The van der Waals surface area contributed by atoms with Gasteiger partial charge >= 0.3 is 12.1 Å². The van der Waals surface area contributed by atoms with E-state index in [4.69, 9.17) is 9.84 Å². The number of alkyl halides is 1. The molecule has 0 fully saturated rings. The topological polar surface area (TPSA) is 75.6 Å². The molecule has 0 unspecified atom stereocenters. The van der Waals surface area contributed by atoms with Crippen LogP contribution >= 0.6 is 15.9 Å². The Labute approximate surface area is 116 Å². The highest BCUT2D eigenvalue weighted by Crippen LogP contribution is 2.23. The summed E-state index contributed by atoms with van der Waals surface area (Å²) in [4.78, 5) is 22.6. The summed E-state index contributed by atoms with van der Waals surface area (Å²) >= 11 is 3.08. The molecule has 6 heteroatoms. The highest BCUT2D eigenvalue weighted by atomic mass is 79.9. The molecule has 0 bridgehead atoms. The zero-order chi connectivity index (χ0) is 14.0. The highest BCUT2D eigenvalue weighted by Gasteiger charge is 2.37. The second-order valence-electron chi connectivity index (χ2n) is 4.18. The maximum Gasteiger partial charge on any atom is 0.408 e. The molecule has 5 nitrogen and oxygen atoms in total. The number of rotatable bonds is 9. The summed E-state index contributed by atoms with van der Waals surface area (Å²) < 4.78 is 3.47. The average molecular weight is 324 g/mol. The molecular formula is C12H22BrNO4. The van der Waals surface area contributed by atoms with Crippen LogP contribution in [0, 0.1) is 0 Å². The molecule has 0 spiro atoms. The minimum absolute atomic E-state index is 0.306. The standard InChI is InChI=1S/C12H22BrNO4/c1-3-5-7-8-12(13,10(15)16)14-11(17)18-9-6-4-2/h3-9H2,1-2H3,(H,14,17)(H,15,16)/t12-/m1/s1. The van der Waals surface area contributed by atoms with Crippen molar-refractivity contribution in [2.45, 2.75) is 56.8 Å².